The number of urea groups is 1. The van der Waals surface area contributed by atoms with E-state index in [1.54, 1.807) is 32.3 Å². The number of anilines is 1. The van der Waals surface area contributed by atoms with Crippen LogP contribution in [0, 0.1) is 0 Å². The summed E-state index contributed by atoms with van der Waals surface area (Å²) in [5, 5.41) is 3.24. The largest absolute Gasteiger partial charge is 0.345 e. The molecule has 0 spiro atoms. The smallest absolute Gasteiger partial charge is 0.321 e. The number of likely N-dealkylation sites (N-methyl/N-ethyl adjacent to an activating group) is 1. The Labute approximate surface area is 148 Å². The molecular weight excluding hydrogens is 328 g/mol. The second kappa shape index (κ2) is 7.85. The van der Waals surface area contributed by atoms with Gasteiger partial charge in [0.05, 0.1) is 10.6 Å². The van der Waals surface area contributed by atoms with E-state index in [-0.39, 0.29) is 11.9 Å². The fourth-order valence-corrected chi connectivity index (χ4v) is 2.97. The van der Waals surface area contributed by atoms with Crippen LogP contribution in [0.4, 0.5) is 10.5 Å². The molecule has 132 valence electrons. The molecule has 3 amide bonds. The summed E-state index contributed by atoms with van der Waals surface area (Å²) in [5.41, 5.74) is 0.950. The second-order valence-corrected chi connectivity index (χ2v) is 6.94. The molecule has 0 unspecified atom stereocenters. The molecule has 1 fully saturated rings. The zero-order valence-corrected chi connectivity index (χ0v) is 15.4. The minimum atomic E-state index is -0.193. The lowest BCUT2D eigenvalue weighted by atomic mass is 10.1. The van der Waals surface area contributed by atoms with E-state index in [0.717, 1.165) is 19.4 Å². The summed E-state index contributed by atoms with van der Waals surface area (Å²) in [4.78, 5) is 30.1. The molecule has 1 aromatic carbocycles. The molecule has 0 radical (unpaired) electrons. The average molecular weight is 353 g/mol. The molecule has 24 heavy (non-hydrogen) atoms. The van der Waals surface area contributed by atoms with Crippen LogP contribution in [0.25, 0.3) is 0 Å². The van der Waals surface area contributed by atoms with Gasteiger partial charge in [0.2, 0.25) is 0 Å². The molecule has 0 aliphatic carbocycles. The SMILES string of the molecule is CN(C)C(=O)c1cc(NC(=O)N2CCC[C@H](N(C)C)C2)ccc1Cl. The number of piperidine rings is 1. The molecule has 2 rings (SSSR count). The van der Waals surface area contributed by atoms with Crippen molar-refractivity contribution in [2.45, 2.75) is 18.9 Å². The molecule has 0 saturated carbocycles. The minimum absolute atomic E-state index is 0.146. The summed E-state index contributed by atoms with van der Waals surface area (Å²) >= 11 is 6.10. The third-order valence-electron chi connectivity index (χ3n) is 4.27. The number of benzene rings is 1. The molecule has 1 saturated heterocycles. The Balaban J connectivity index is 2.09. The number of hydrogen-bond donors (Lipinski definition) is 1. The van der Waals surface area contributed by atoms with Gasteiger partial charge in [0.15, 0.2) is 0 Å². The van der Waals surface area contributed by atoms with Crippen molar-refractivity contribution in [3.63, 3.8) is 0 Å². The lowest BCUT2D eigenvalue weighted by Crippen LogP contribution is -2.48. The Hall–Kier alpha value is -1.79. The number of nitrogens with zero attached hydrogens (tertiary/aromatic N) is 3. The van der Waals surface area contributed by atoms with Gasteiger partial charge in [0.1, 0.15) is 0 Å². The summed E-state index contributed by atoms with van der Waals surface area (Å²) in [6.07, 6.45) is 2.08. The predicted molar refractivity (Wildman–Crippen MR) is 96.8 cm³/mol. The number of amides is 3. The maximum atomic E-state index is 12.5. The van der Waals surface area contributed by atoms with Gasteiger partial charge in [-0.2, -0.15) is 0 Å². The topological polar surface area (TPSA) is 55.9 Å². The second-order valence-electron chi connectivity index (χ2n) is 6.53. The minimum Gasteiger partial charge on any atom is -0.345 e. The van der Waals surface area contributed by atoms with Crippen LogP contribution in [0.1, 0.15) is 23.2 Å². The van der Waals surface area contributed by atoms with Gasteiger partial charge in [-0.15, -0.1) is 0 Å². The Kier molecular flexibility index (Phi) is 6.07. The van der Waals surface area contributed by atoms with Crippen LogP contribution >= 0.6 is 11.6 Å². The monoisotopic (exact) mass is 352 g/mol. The highest BCUT2D eigenvalue weighted by Gasteiger charge is 2.25. The molecule has 0 bridgehead atoms. The number of hydrogen-bond acceptors (Lipinski definition) is 3. The number of carbonyl (C=O) groups is 2. The molecule has 1 aromatic rings. The Morgan fingerprint density at radius 3 is 2.58 bits per heavy atom. The summed E-state index contributed by atoms with van der Waals surface area (Å²) in [6, 6.07) is 5.19. The first-order chi connectivity index (χ1) is 11.3. The van der Waals surface area contributed by atoms with Crippen molar-refractivity contribution in [3.8, 4) is 0 Å². The fourth-order valence-electron chi connectivity index (χ4n) is 2.77. The molecule has 0 aromatic heterocycles. The summed E-state index contributed by atoms with van der Waals surface area (Å²) < 4.78 is 0. The molecular formula is C17H25ClN4O2. The van der Waals surface area contributed by atoms with Crippen molar-refractivity contribution in [2.75, 3.05) is 46.6 Å². The molecule has 6 nitrogen and oxygen atoms in total. The standard InChI is InChI=1S/C17H25ClN4O2/c1-20(2)13-6-5-9-22(11-13)17(24)19-12-7-8-15(18)14(10-12)16(23)21(3)4/h7-8,10,13H,5-6,9,11H2,1-4H3,(H,19,24)/t13-/m0/s1. The molecule has 1 heterocycles. The van der Waals surface area contributed by atoms with Crippen LogP contribution in [0.5, 0.6) is 0 Å². The normalized spacial score (nSPS) is 17.8. The highest BCUT2D eigenvalue weighted by atomic mass is 35.5. The Bertz CT molecular complexity index is 619. The van der Waals surface area contributed by atoms with E-state index in [1.807, 2.05) is 19.0 Å². The van der Waals surface area contributed by atoms with Crippen molar-refractivity contribution in [3.05, 3.63) is 28.8 Å². The van der Waals surface area contributed by atoms with Crippen LogP contribution in [0.3, 0.4) is 0 Å². The summed E-state index contributed by atoms with van der Waals surface area (Å²) in [7, 11) is 7.40. The maximum absolute atomic E-state index is 12.5. The van der Waals surface area contributed by atoms with Gasteiger partial charge in [-0.05, 0) is 45.1 Å². The highest BCUT2D eigenvalue weighted by molar-refractivity contribution is 6.34. The van der Waals surface area contributed by atoms with Gasteiger partial charge in [-0.1, -0.05) is 11.6 Å². The molecule has 1 atom stereocenters. The molecule has 1 N–H and O–H groups in total. The number of halogens is 1. The summed E-state index contributed by atoms with van der Waals surface area (Å²) in [5.74, 6) is -0.193. The molecule has 1 aliphatic rings. The first-order valence-corrected chi connectivity index (χ1v) is 8.41. The molecule has 7 heteroatoms. The van der Waals surface area contributed by atoms with Gasteiger partial charge in [0, 0.05) is 38.9 Å². The van der Waals surface area contributed by atoms with Crippen molar-refractivity contribution in [2.24, 2.45) is 0 Å². The van der Waals surface area contributed by atoms with Gasteiger partial charge in [-0.25, -0.2) is 4.79 Å². The van der Waals surface area contributed by atoms with E-state index in [9.17, 15) is 9.59 Å². The fraction of sp³-hybridized carbons (Fsp3) is 0.529. The van der Waals surface area contributed by atoms with Crippen molar-refractivity contribution < 1.29 is 9.59 Å². The first-order valence-electron chi connectivity index (χ1n) is 8.03. The summed E-state index contributed by atoms with van der Waals surface area (Å²) in [6.45, 7) is 1.45. The molecule has 1 aliphatic heterocycles. The highest BCUT2D eigenvalue weighted by Crippen LogP contribution is 2.22. The van der Waals surface area contributed by atoms with Crippen LogP contribution in [-0.2, 0) is 0 Å². The zero-order chi connectivity index (χ0) is 17.9. The van der Waals surface area contributed by atoms with E-state index < -0.39 is 0 Å². The number of rotatable bonds is 3. The zero-order valence-electron chi connectivity index (χ0n) is 14.7. The van der Waals surface area contributed by atoms with E-state index in [2.05, 4.69) is 10.2 Å². The number of nitrogens with one attached hydrogen (secondary N) is 1. The van der Waals surface area contributed by atoms with Crippen LogP contribution in [-0.4, -0.2) is 74.0 Å². The van der Waals surface area contributed by atoms with Gasteiger partial charge in [-0.3, -0.25) is 4.79 Å². The van der Waals surface area contributed by atoms with Crippen molar-refractivity contribution in [1.29, 1.82) is 0 Å². The first kappa shape index (κ1) is 18.5. The Morgan fingerprint density at radius 1 is 1.25 bits per heavy atom. The number of likely N-dealkylation sites (tertiary alicyclic amines) is 1. The van der Waals surface area contributed by atoms with Gasteiger partial charge < -0.3 is 20.0 Å². The van der Waals surface area contributed by atoms with E-state index in [4.69, 9.17) is 11.6 Å². The average Bonchev–Trinajstić information content (AvgIpc) is 2.55. The third-order valence-corrected chi connectivity index (χ3v) is 4.60. The lowest BCUT2D eigenvalue weighted by Gasteiger charge is -2.36. The quantitative estimate of drug-likeness (QED) is 0.909. The van der Waals surface area contributed by atoms with Gasteiger partial charge in [0.25, 0.3) is 5.91 Å². The van der Waals surface area contributed by atoms with E-state index in [0.29, 0.717) is 28.9 Å². The van der Waals surface area contributed by atoms with Crippen LogP contribution in [0.2, 0.25) is 5.02 Å². The third kappa shape index (κ3) is 4.39. The van der Waals surface area contributed by atoms with Crippen molar-refractivity contribution >= 4 is 29.2 Å². The van der Waals surface area contributed by atoms with Crippen LogP contribution < -0.4 is 5.32 Å². The van der Waals surface area contributed by atoms with Crippen LogP contribution in [0.15, 0.2) is 18.2 Å². The Morgan fingerprint density at radius 2 is 1.96 bits per heavy atom. The predicted octanol–water partition coefficient (Wildman–Crippen LogP) is 2.60. The van der Waals surface area contributed by atoms with E-state index in [1.165, 1.54) is 4.90 Å². The lowest BCUT2D eigenvalue weighted by molar-refractivity contribution is 0.0827. The maximum Gasteiger partial charge on any atom is 0.321 e. The van der Waals surface area contributed by atoms with Gasteiger partial charge >= 0.3 is 6.03 Å². The van der Waals surface area contributed by atoms with E-state index >= 15 is 0 Å². The number of carbonyl (C=O) groups excluding carboxylic acids is 2. The van der Waals surface area contributed by atoms with Crippen molar-refractivity contribution in [1.82, 2.24) is 14.7 Å².